The first-order valence-electron chi connectivity index (χ1n) is 6.30. The highest BCUT2D eigenvalue weighted by molar-refractivity contribution is 7.98. The van der Waals surface area contributed by atoms with Gasteiger partial charge in [-0.3, -0.25) is 4.79 Å². The highest BCUT2D eigenvalue weighted by Crippen LogP contribution is 2.32. The minimum Gasteiger partial charge on any atom is -0.302 e. The van der Waals surface area contributed by atoms with Gasteiger partial charge in [0, 0.05) is 22.4 Å². The van der Waals surface area contributed by atoms with Crippen LogP contribution in [0.1, 0.15) is 12.8 Å². The first kappa shape index (κ1) is 16.6. The molecule has 0 unspecified atom stereocenters. The van der Waals surface area contributed by atoms with Gasteiger partial charge in [-0.25, -0.2) is 4.98 Å². The van der Waals surface area contributed by atoms with Crippen molar-refractivity contribution in [3.8, 4) is 11.3 Å². The number of thioether (sulfide) groups is 1. The Morgan fingerprint density at radius 2 is 2.24 bits per heavy atom. The maximum absolute atomic E-state index is 11.7. The molecule has 1 aromatic heterocycles. The number of hydrogen-bond acceptors (Lipinski definition) is 4. The van der Waals surface area contributed by atoms with Crippen LogP contribution in [-0.2, 0) is 4.79 Å². The van der Waals surface area contributed by atoms with Gasteiger partial charge in [0.2, 0.25) is 5.91 Å². The van der Waals surface area contributed by atoms with Crippen molar-refractivity contribution in [1.82, 2.24) is 4.98 Å². The number of thiazole rings is 1. The largest absolute Gasteiger partial charge is 0.302 e. The third-order valence-electron chi connectivity index (χ3n) is 2.71. The summed E-state index contributed by atoms with van der Waals surface area (Å²) in [4.78, 5) is 16.1. The second-order valence-electron chi connectivity index (χ2n) is 4.31. The second-order valence-corrected chi connectivity index (χ2v) is 6.99. The minimum atomic E-state index is -0.00727. The molecule has 0 spiro atoms. The molecule has 0 saturated heterocycles. The van der Waals surface area contributed by atoms with Gasteiger partial charge in [0.15, 0.2) is 5.13 Å². The zero-order valence-electron chi connectivity index (χ0n) is 11.4. The van der Waals surface area contributed by atoms with E-state index in [2.05, 4.69) is 10.3 Å². The summed E-state index contributed by atoms with van der Waals surface area (Å²) >= 11 is 15.2. The smallest absolute Gasteiger partial charge is 0.226 e. The number of aromatic nitrogens is 1. The number of rotatable bonds is 6. The highest BCUT2D eigenvalue weighted by Gasteiger charge is 2.10. The third kappa shape index (κ3) is 4.88. The summed E-state index contributed by atoms with van der Waals surface area (Å²) < 4.78 is 0. The molecule has 0 radical (unpaired) electrons. The lowest BCUT2D eigenvalue weighted by Crippen LogP contribution is -2.11. The molecule has 21 heavy (non-hydrogen) atoms. The average Bonchev–Trinajstić information content (AvgIpc) is 2.87. The number of nitrogens with one attached hydrogen (secondary N) is 1. The summed E-state index contributed by atoms with van der Waals surface area (Å²) in [5, 5.41) is 6.40. The van der Waals surface area contributed by atoms with E-state index in [1.165, 1.54) is 11.3 Å². The van der Waals surface area contributed by atoms with E-state index >= 15 is 0 Å². The maximum atomic E-state index is 11.7. The zero-order chi connectivity index (χ0) is 15.2. The molecule has 0 fully saturated rings. The van der Waals surface area contributed by atoms with Crippen LogP contribution in [0.25, 0.3) is 11.3 Å². The topological polar surface area (TPSA) is 42.0 Å². The van der Waals surface area contributed by atoms with Crippen LogP contribution in [0.5, 0.6) is 0 Å². The lowest BCUT2D eigenvalue weighted by atomic mass is 10.2. The Balaban J connectivity index is 2.02. The van der Waals surface area contributed by atoms with Gasteiger partial charge in [-0.1, -0.05) is 23.2 Å². The Kier molecular flexibility index (Phi) is 6.36. The quantitative estimate of drug-likeness (QED) is 0.719. The highest BCUT2D eigenvalue weighted by atomic mass is 35.5. The van der Waals surface area contributed by atoms with E-state index in [0.29, 0.717) is 21.6 Å². The van der Waals surface area contributed by atoms with Crippen LogP contribution < -0.4 is 5.32 Å². The number of benzene rings is 1. The molecular weight excluding hydrogens is 347 g/mol. The fourth-order valence-electron chi connectivity index (χ4n) is 1.71. The Morgan fingerprint density at radius 1 is 1.43 bits per heavy atom. The summed E-state index contributed by atoms with van der Waals surface area (Å²) in [6.45, 7) is 0. The molecule has 2 rings (SSSR count). The van der Waals surface area contributed by atoms with Crippen LogP contribution in [-0.4, -0.2) is 22.9 Å². The molecule has 0 atom stereocenters. The predicted octanol–water partition coefficient (Wildman–Crippen LogP) is 5.20. The fourth-order valence-corrected chi connectivity index (χ4v) is 3.38. The second kappa shape index (κ2) is 8.03. The Bertz CT molecular complexity index is 631. The Morgan fingerprint density at radius 3 is 2.95 bits per heavy atom. The molecule has 0 aliphatic carbocycles. The molecule has 0 bridgehead atoms. The first-order valence-corrected chi connectivity index (χ1v) is 9.33. The van der Waals surface area contributed by atoms with Gasteiger partial charge >= 0.3 is 0 Å². The van der Waals surface area contributed by atoms with Gasteiger partial charge in [0.25, 0.3) is 0 Å². The van der Waals surface area contributed by atoms with Crippen molar-refractivity contribution < 1.29 is 4.79 Å². The van der Waals surface area contributed by atoms with E-state index in [1.807, 2.05) is 17.7 Å². The molecule has 1 aromatic carbocycles. The Labute approximate surface area is 142 Å². The first-order chi connectivity index (χ1) is 10.1. The van der Waals surface area contributed by atoms with Gasteiger partial charge in [-0.15, -0.1) is 11.3 Å². The number of carbonyl (C=O) groups excluding carboxylic acids is 1. The third-order valence-corrected chi connectivity index (χ3v) is 4.71. The van der Waals surface area contributed by atoms with Crippen molar-refractivity contribution in [1.29, 1.82) is 0 Å². The number of anilines is 1. The van der Waals surface area contributed by atoms with Gasteiger partial charge in [0.05, 0.1) is 10.7 Å². The summed E-state index contributed by atoms with van der Waals surface area (Å²) in [5.74, 6) is 0.976. The van der Waals surface area contributed by atoms with Crippen LogP contribution in [0, 0.1) is 0 Å². The average molecular weight is 361 g/mol. The van der Waals surface area contributed by atoms with Crippen LogP contribution in [0.4, 0.5) is 5.13 Å². The fraction of sp³-hybridized carbons (Fsp3) is 0.286. The van der Waals surface area contributed by atoms with E-state index < -0.39 is 0 Å². The van der Waals surface area contributed by atoms with Crippen molar-refractivity contribution in [2.45, 2.75) is 12.8 Å². The monoisotopic (exact) mass is 360 g/mol. The van der Waals surface area contributed by atoms with E-state index in [4.69, 9.17) is 23.2 Å². The molecular formula is C14H14Cl2N2OS2. The number of carbonyl (C=O) groups is 1. The summed E-state index contributed by atoms with van der Waals surface area (Å²) in [6, 6.07) is 5.27. The van der Waals surface area contributed by atoms with Crippen LogP contribution in [0.2, 0.25) is 10.0 Å². The van der Waals surface area contributed by atoms with E-state index in [9.17, 15) is 4.79 Å². The van der Waals surface area contributed by atoms with Crippen LogP contribution in [0.3, 0.4) is 0 Å². The Hall–Kier alpha value is -0.750. The molecule has 1 N–H and O–H groups in total. The van der Waals surface area contributed by atoms with Gasteiger partial charge in [-0.2, -0.15) is 11.8 Å². The SMILES string of the molecule is CSCCCC(=O)Nc1nc(-c2ccc(Cl)cc2Cl)cs1. The maximum Gasteiger partial charge on any atom is 0.226 e. The molecule has 0 aliphatic rings. The molecule has 0 saturated carbocycles. The number of halogens is 2. The normalized spacial score (nSPS) is 10.6. The molecule has 3 nitrogen and oxygen atoms in total. The summed E-state index contributed by atoms with van der Waals surface area (Å²) in [7, 11) is 0. The van der Waals surface area contributed by atoms with Crippen molar-refractivity contribution >= 4 is 57.3 Å². The lowest BCUT2D eigenvalue weighted by molar-refractivity contribution is -0.116. The zero-order valence-corrected chi connectivity index (χ0v) is 14.5. The van der Waals surface area contributed by atoms with Crippen molar-refractivity contribution in [2.75, 3.05) is 17.3 Å². The summed E-state index contributed by atoms with van der Waals surface area (Å²) in [6.07, 6.45) is 3.41. The van der Waals surface area contributed by atoms with Crippen LogP contribution >= 0.6 is 46.3 Å². The molecule has 112 valence electrons. The van der Waals surface area contributed by atoms with Gasteiger partial charge < -0.3 is 5.32 Å². The summed E-state index contributed by atoms with van der Waals surface area (Å²) in [5.41, 5.74) is 1.54. The van der Waals surface area contributed by atoms with E-state index in [-0.39, 0.29) is 5.91 Å². The van der Waals surface area contributed by atoms with Crippen LogP contribution in [0.15, 0.2) is 23.6 Å². The molecule has 2 aromatic rings. The number of nitrogens with zero attached hydrogens (tertiary/aromatic N) is 1. The van der Waals surface area contributed by atoms with E-state index in [1.54, 1.807) is 23.9 Å². The molecule has 1 heterocycles. The molecule has 7 heteroatoms. The molecule has 0 aliphatic heterocycles. The van der Waals surface area contributed by atoms with Gasteiger partial charge in [0.1, 0.15) is 0 Å². The predicted molar refractivity (Wildman–Crippen MR) is 93.8 cm³/mol. The lowest BCUT2D eigenvalue weighted by Gasteiger charge is -2.02. The van der Waals surface area contributed by atoms with Crippen molar-refractivity contribution in [3.63, 3.8) is 0 Å². The standard InChI is InChI=1S/C14H14Cl2N2OS2/c1-20-6-2-3-13(19)18-14-17-12(8-21-14)10-5-4-9(15)7-11(10)16/h4-5,7-8H,2-3,6H2,1H3,(H,17,18,19). The van der Waals surface area contributed by atoms with Crippen molar-refractivity contribution in [2.24, 2.45) is 0 Å². The number of hydrogen-bond donors (Lipinski definition) is 1. The number of amides is 1. The van der Waals surface area contributed by atoms with E-state index in [0.717, 1.165) is 23.4 Å². The van der Waals surface area contributed by atoms with Crippen molar-refractivity contribution in [3.05, 3.63) is 33.6 Å². The van der Waals surface area contributed by atoms with Gasteiger partial charge in [-0.05, 0) is 36.6 Å². The molecule has 1 amide bonds. The minimum absolute atomic E-state index is 0.00727.